The summed E-state index contributed by atoms with van der Waals surface area (Å²) in [5.41, 5.74) is 7.05. The topological polar surface area (TPSA) is 88.8 Å². The molecule has 2 rings (SSSR count). The monoisotopic (exact) mass is 306 g/mol. The van der Waals surface area contributed by atoms with Gasteiger partial charge in [0.05, 0.1) is 18.0 Å². The van der Waals surface area contributed by atoms with Gasteiger partial charge in [0, 0.05) is 25.3 Å². The number of hydrogen-bond acceptors (Lipinski definition) is 4. The normalized spacial score (nSPS) is 15.5. The van der Waals surface area contributed by atoms with Gasteiger partial charge in [-0.1, -0.05) is 0 Å². The van der Waals surface area contributed by atoms with Gasteiger partial charge in [0.15, 0.2) is 0 Å². The summed E-state index contributed by atoms with van der Waals surface area (Å²) in [6, 6.07) is 3.09. The van der Waals surface area contributed by atoms with Gasteiger partial charge in [0.2, 0.25) is 0 Å². The Balaban J connectivity index is 2.08. The number of hydrogen-bond donors (Lipinski definition) is 1. The molecule has 0 unspecified atom stereocenters. The maximum atomic E-state index is 11.9. The van der Waals surface area contributed by atoms with Crippen LogP contribution in [0.15, 0.2) is 18.3 Å². The molecule has 0 atom stereocenters. The largest absolute Gasteiger partial charge is 0.450 e. The molecule has 0 aromatic carbocycles. The molecule has 1 aromatic heterocycles. The van der Waals surface area contributed by atoms with E-state index in [9.17, 15) is 9.59 Å². The van der Waals surface area contributed by atoms with E-state index in [2.05, 4.69) is 4.98 Å². The lowest BCUT2D eigenvalue weighted by molar-refractivity contribution is 0.0972. The summed E-state index contributed by atoms with van der Waals surface area (Å²) in [7, 11) is 0. The second kappa shape index (κ2) is 7.11. The molecule has 2 N–H and O–H groups in total. The Morgan fingerprint density at radius 2 is 2.14 bits per heavy atom. The zero-order valence-electron chi connectivity index (χ0n) is 13.0. The van der Waals surface area contributed by atoms with Gasteiger partial charge in [0.25, 0.3) is 0 Å². The van der Waals surface area contributed by atoms with Crippen LogP contribution in [0.5, 0.6) is 0 Å². The fourth-order valence-electron chi connectivity index (χ4n) is 2.75. The van der Waals surface area contributed by atoms with Crippen LogP contribution in [0, 0.1) is 6.92 Å². The van der Waals surface area contributed by atoms with Crippen LogP contribution in [0.25, 0.3) is 0 Å². The Labute approximate surface area is 130 Å². The third kappa shape index (κ3) is 3.47. The Kier molecular flexibility index (Phi) is 5.19. The SMILES string of the molecule is CCOC(=O)N1CCC(N(C(N)=O)c2cccnc2C)CC1. The minimum absolute atomic E-state index is 0.0360. The maximum absolute atomic E-state index is 11.9. The lowest BCUT2D eigenvalue weighted by atomic mass is 10.0. The third-order valence-corrected chi connectivity index (χ3v) is 3.83. The standard InChI is InChI=1S/C15H22N4O3/c1-3-22-15(21)18-9-6-12(7-10-18)19(14(16)20)13-5-4-8-17-11(13)2/h4-5,8,12H,3,6-7,9-10H2,1-2H3,(H2,16,20). The van der Waals surface area contributed by atoms with Crippen LogP contribution in [0.4, 0.5) is 15.3 Å². The van der Waals surface area contributed by atoms with Crippen molar-refractivity contribution in [2.45, 2.75) is 32.7 Å². The van der Waals surface area contributed by atoms with Gasteiger partial charge in [-0.2, -0.15) is 0 Å². The van der Waals surface area contributed by atoms with Crippen LogP contribution in [0.1, 0.15) is 25.5 Å². The smallest absolute Gasteiger partial charge is 0.409 e. The number of amides is 3. The van der Waals surface area contributed by atoms with Crippen molar-refractivity contribution in [3.05, 3.63) is 24.0 Å². The van der Waals surface area contributed by atoms with Gasteiger partial charge in [0.1, 0.15) is 0 Å². The van der Waals surface area contributed by atoms with Crippen molar-refractivity contribution in [2.75, 3.05) is 24.6 Å². The van der Waals surface area contributed by atoms with Crippen molar-refractivity contribution in [3.8, 4) is 0 Å². The number of aryl methyl sites for hydroxylation is 1. The van der Waals surface area contributed by atoms with Gasteiger partial charge in [-0.3, -0.25) is 9.88 Å². The van der Waals surface area contributed by atoms with Crippen molar-refractivity contribution >= 4 is 17.8 Å². The van der Waals surface area contributed by atoms with Crippen LogP contribution in [0.2, 0.25) is 0 Å². The molecule has 0 radical (unpaired) electrons. The van der Waals surface area contributed by atoms with E-state index in [0.717, 1.165) is 11.4 Å². The number of piperidine rings is 1. The second-order valence-corrected chi connectivity index (χ2v) is 5.23. The van der Waals surface area contributed by atoms with Crippen LogP contribution >= 0.6 is 0 Å². The molecule has 3 amide bonds. The summed E-state index contributed by atoms with van der Waals surface area (Å²) in [5.74, 6) is 0. The number of ether oxygens (including phenoxy) is 1. The predicted octanol–water partition coefficient (Wildman–Crippen LogP) is 1.90. The molecule has 2 heterocycles. The minimum atomic E-state index is -0.495. The van der Waals surface area contributed by atoms with Crippen molar-refractivity contribution in [1.29, 1.82) is 0 Å². The summed E-state index contributed by atoms with van der Waals surface area (Å²) in [5, 5.41) is 0. The third-order valence-electron chi connectivity index (χ3n) is 3.83. The van der Waals surface area contributed by atoms with E-state index >= 15 is 0 Å². The summed E-state index contributed by atoms with van der Waals surface area (Å²) in [4.78, 5) is 31.1. The predicted molar refractivity (Wildman–Crippen MR) is 82.7 cm³/mol. The molecule has 1 aliphatic heterocycles. The Morgan fingerprint density at radius 3 is 2.68 bits per heavy atom. The number of carbonyl (C=O) groups excluding carboxylic acids is 2. The molecular formula is C15H22N4O3. The zero-order chi connectivity index (χ0) is 16.1. The molecular weight excluding hydrogens is 284 g/mol. The van der Waals surface area contributed by atoms with E-state index in [0.29, 0.717) is 32.5 Å². The summed E-state index contributed by atoms with van der Waals surface area (Å²) < 4.78 is 5.00. The molecule has 120 valence electrons. The van der Waals surface area contributed by atoms with Crippen molar-refractivity contribution in [3.63, 3.8) is 0 Å². The highest BCUT2D eigenvalue weighted by molar-refractivity contribution is 5.91. The van der Waals surface area contributed by atoms with Gasteiger partial charge in [-0.25, -0.2) is 9.59 Å². The Bertz CT molecular complexity index is 541. The molecule has 0 spiro atoms. The fraction of sp³-hybridized carbons (Fsp3) is 0.533. The van der Waals surface area contributed by atoms with Crippen LogP contribution in [-0.2, 0) is 4.74 Å². The average Bonchev–Trinajstić information content (AvgIpc) is 2.50. The van der Waals surface area contributed by atoms with Crippen LogP contribution in [-0.4, -0.2) is 47.7 Å². The highest BCUT2D eigenvalue weighted by Gasteiger charge is 2.30. The molecule has 1 fully saturated rings. The van der Waals surface area contributed by atoms with E-state index in [4.69, 9.17) is 10.5 Å². The van der Waals surface area contributed by atoms with Crippen LogP contribution < -0.4 is 10.6 Å². The van der Waals surface area contributed by atoms with Gasteiger partial charge < -0.3 is 15.4 Å². The molecule has 1 aromatic rings. The summed E-state index contributed by atoms with van der Waals surface area (Å²) in [6.45, 7) is 5.09. The van der Waals surface area contributed by atoms with Crippen molar-refractivity contribution in [2.24, 2.45) is 5.73 Å². The second-order valence-electron chi connectivity index (χ2n) is 5.23. The van der Waals surface area contributed by atoms with E-state index in [1.807, 2.05) is 13.0 Å². The first-order valence-corrected chi connectivity index (χ1v) is 7.46. The molecule has 1 aliphatic rings. The highest BCUT2D eigenvalue weighted by atomic mass is 16.6. The number of urea groups is 1. The first-order chi connectivity index (χ1) is 10.5. The lowest BCUT2D eigenvalue weighted by Crippen LogP contribution is -2.51. The number of anilines is 1. The number of aromatic nitrogens is 1. The van der Waals surface area contributed by atoms with Gasteiger partial charge in [-0.05, 0) is 38.8 Å². The molecule has 0 bridgehead atoms. The first-order valence-electron chi connectivity index (χ1n) is 7.46. The number of primary amides is 1. The van der Waals surface area contributed by atoms with Gasteiger partial charge in [-0.15, -0.1) is 0 Å². The molecule has 22 heavy (non-hydrogen) atoms. The number of nitrogens with zero attached hydrogens (tertiary/aromatic N) is 3. The highest BCUT2D eigenvalue weighted by Crippen LogP contribution is 2.25. The van der Waals surface area contributed by atoms with Crippen LogP contribution in [0.3, 0.4) is 0 Å². The molecule has 0 saturated carbocycles. The average molecular weight is 306 g/mol. The Hall–Kier alpha value is -2.31. The maximum Gasteiger partial charge on any atom is 0.409 e. The van der Waals surface area contributed by atoms with Gasteiger partial charge >= 0.3 is 12.1 Å². The molecule has 1 saturated heterocycles. The number of likely N-dealkylation sites (tertiary alicyclic amines) is 1. The first kappa shape index (κ1) is 16.1. The molecule has 0 aliphatic carbocycles. The van der Waals surface area contributed by atoms with Crippen molar-refractivity contribution < 1.29 is 14.3 Å². The van der Waals surface area contributed by atoms with E-state index in [-0.39, 0.29) is 12.1 Å². The van der Waals surface area contributed by atoms with E-state index < -0.39 is 6.03 Å². The quantitative estimate of drug-likeness (QED) is 0.923. The molecule has 7 nitrogen and oxygen atoms in total. The number of pyridine rings is 1. The number of rotatable bonds is 3. The fourth-order valence-corrected chi connectivity index (χ4v) is 2.75. The van der Waals surface area contributed by atoms with Crippen molar-refractivity contribution in [1.82, 2.24) is 9.88 Å². The zero-order valence-corrected chi connectivity index (χ0v) is 13.0. The minimum Gasteiger partial charge on any atom is -0.450 e. The lowest BCUT2D eigenvalue weighted by Gasteiger charge is -2.37. The van der Waals surface area contributed by atoms with E-state index in [1.54, 1.807) is 29.0 Å². The molecule has 7 heteroatoms. The number of carbonyl (C=O) groups is 2. The summed E-state index contributed by atoms with van der Waals surface area (Å²) >= 11 is 0. The number of nitrogens with two attached hydrogens (primary N) is 1. The van der Waals surface area contributed by atoms with E-state index in [1.165, 1.54) is 0 Å². The summed E-state index contributed by atoms with van der Waals surface area (Å²) in [6.07, 6.45) is 2.71. The Morgan fingerprint density at radius 1 is 1.45 bits per heavy atom.